The smallest absolute Gasteiger partial charge is 0.265 e. The van der Waals surface area contributed by atoms with E-state index in [0.29, 0.717) is 53.1 Å². The van der Waals surface area contributed by atoms with E-state index < -0.39 is 5.92 Å². The molecule has 1 aliphatic rings. The van der Waals surface area contributed by atoms with Gasteiger partial charge in [-0.15, -0.1) is 0 Å². The number of hydrogen-bond donors (Lipinski definition) is 2. The van der Waals surface area contributed by atoms with E-state index in [9.17, 15) is 8.78 Å². The number of aromatic nitrogens is 5. The summed E-state index contributed by atoms with van der Waals surface area (Å²) in [6.07, 6.45) is 5.11. The Labute approximate surface area is 195 Å². The van der Waals surface area contributed by atoms with Crippen LogP contribution in [0.1, 0.15) is 24.2 Å². The zero-order valence-electron chi connectivity index (χ0n) is 19.0. The number of pyridine rings is 1. The predicted octanol–water partition coefficient (Wildman–Crippen LogP) is 2.11. The van der Waals surface area contributed by atoms with E-state index in [1.54, 1.807) is 60.2 Å². The van der Waals surface area contributed by atoms with Gasteiger partial charge in [-0.1, -0.05) is 0 Å². The van der Waals surface area contributed by atoms with Crippen molar-refractivity contribution in [1.29, 1.82) is 0 Å². The first-order valence-electron chi connectivity index (χ1n) is 10.8. The van der Waals surface area contributed by atoms with E-state index in [1.165, 1.54) is 11.3 Å². The first-order chi connectivity index (χ1) is 16.2. The summed E-state index contributed by atoms with van der Waals surface area (Å²) in [5.41, 5.74) is 8.92. The molecular formula is C22H27F2N9O. The lowest BCUT2D eigenvalue weighted by atomic mass is 10.1. The molecule has 0 saturated carbocycles. The van der Waals surface area contributed by atoms with Gasteiger partial charge in [0.25, 0.3) is 5.92 Å². The summed E-state index contributed by atoms with van der Waals surface area (Å²) < 4.78 is 35.1. The molecule has 4 heterocycles. The van der Waals surface area contributed by atoms with Crippen LogP contribution in [0.15, 0.2) is 48.7 Å². The van der Waals surface area contributed by atoms with Crippen LogP contribution in [0, 0.1) is 6.92 Å². The lowest BCUT2D eigenvalue weighted by molar-refractivity contribution is -0.0117. The SMILES string of the molecule is Cc1nc(/C(N)=C(\COc2cc(-n3cccn3)ncn2)N(C)N)ccc1N1CCCC(F)(F)C1. The van der Waals surface area contributed by atoms with Crippen molar-refractivity contribution in [3.8, 4) is 11.7 Å². The Kier molecular flexibility index (Phi) is 6.59. The highest BCUT2D eigenvalue weighted by molar-refractivity contribution is 5.65. The molecule has 12 heteroatoms. The van der Waals surface area contributed by atoms with Crippen molar-refractivity contribution in [3.05, 3.63) is 60.1 Å². The molecule has 3 aromatic heterocycles. The molecule has 4 N–H and O–H groups in total. The summed E-state index contributed by atoms with van der Waals surface area (Å²) in [6.45, 7) is 2.05. The third-order valence-electron chi connectivity index (χ3n) is 5.53. The molecule has 0 atom stereocenters. The van der Waals surface area contributed by atoms with Gasteiger partial charge in [-0.05, 0) is 31.5 Å². The minimum absolute atomic E-state index is 0.0230. The average Bonchev–Trinajstić information content (AvgIpc) is 3.33. The molecule has 0 radical (unpaired) electrons. The number of hydrazine groups is 1. The summed E-state index contributed by atoms with van der Waals surface area (Å²) in [6, 6.07) is 6.89. The lowest BCUT2D eigenvalue weighted by Gasteiger charge is -2.34. The fourth-order valence-electron chi connectivity index (χ4n) is 3.81. The number of alkyl halides is 2. The summed E-state index contributed by atoms with van der Waals surface area (Å²) >= 11 is 0. The molecular weight excluding hydrogens is 444 g/mol. The van der Waals surface area contributed by atoms with E-state index in [1.807, 2.05) is 0 Å². The molecule has 0 amide bonds. The first kappa shape index (κ1) is 23.4. The largest absolute Gasteiger partial charge is 0.471 e. The lowest BCUT2D eigenvalue weighted by Crippen LogP contribution is -2.43. The molecule has 0 aliphatic carbocycles. The van der Waals surface area contributed by atoms with Crippen LogP contribution < -0.4 is 21.2 Å². The zero-order chi connectivity index (χ0) is 24.3. The number of anilines is 1. The van der Waals surface area contributed by atoms with Gasteiger partial charge in [0.15, 0.2) is 5.82 Å². The van der Waals surface area contributed by atoms with Gasteiger partial charge in [0, 0.05) is 38.5 Å². The molecule has 0 bridgehead atoms. The number of aryl methyl sites for hydroxylation is 1. The molecule has 1 saturated heterocycles. The van der Waals surface area contributed by atoms with Crippen LogP contribution in [0.2, 0.25) is 0 Å². The molecule has 4 rings (SSSR count). The van der Waals surface area contributed by atoms with Crippen molar-refractivity contribution in [1.82, 2.24) is 29.7 Å². The van der Waals surface area contributed by atoms with Crippen LogP contribution in [-0.2, 0) is 0 Å². The molecule has 10 nitrogen and oxygen atoms in total. The number of nitrogens with zero attached hydrogens (tertiary/aromatic N) is 7. The summed E-state index contributed by atoms with van der Waals surface area (Å²) in [5.74, 6) is 4.17. The number of ether oxygens (including phenoxy) is 1. The highest BCUT2D eigenvalue weighted by Crippen LogP contribution is 2.31. The zero-order valence-corrected chi connectivity index (χ0v) is 19.0. The number of halogens is 2. The Bertz CT molecular complexity index is 1160. The van der Waals surface area contributed by atoms with Crippen LogP contribution >= 0.6 is 0 Å². The number of hydrogen-bond acceptors (Lipinski definition) is 9. The number of nitrogens with two attached hydrogens (primary N) is 2. The van der Waals surface area contributed by atoms with Crippen molar-refractivity contribution >= 4 is 11.4 Å². The Morgan fingerprint density at radius 1 is 1.29 bits per heavy atom. The Balaban J connectivity index is 1.53. The molecule has 180 valence electrons. The molecule has 1 aliphatic heterocycles. The van der Waals surface area contributed by atoms with Crippen molar-refractivity contribution in [2.45, 2.75) is 25.7 Å². The van der Waals surface area contributed by atoms with Crippen LogP contribution in [-0.4, -0.2) is 62.4 Å². The van der Waals surface area contributed by atoms with E-state index in [2.05, 4.69) is 20.1 Å². The Morgan fingerprint density at radius 3 is 2.79 bits per heavy atom. The second kappa shape index (κ2) is 9.59. The summed E-state index contributed by atoms with van der Waals surface area (Å²) in [7, 11) is 1.64. The Morgan fingerprint density at radius 2 is 2.12 bits per heavy atom. The van der Waals surface area contributed by atoms with Gasteiger partial charge in [-0.25, -0.2) is 34.3 Å². The standard InChI is InChI=1S/C22H27F2N9O/c1-15-17(32-9-3-7-22(23,24)13-32)6-5-16(30-15)21(25)18(31(2)26)12-34-20-11-19(27-14-28-20)33-10-4-8-29-33/h4-6,8,10-11,14H,3,7,9,12-13,25-26H2,1-2H3/b21-18-. The minimum Gasteiger partial charge on any atom is -0.471 e. The van der Waals surface area contributed by atoms with E-state index >= 15 is 0 Å². The minimum atomic E-state index is -2.70. The molecule has 34 heavy (non-hydrogen) atoms. The van der Waals surface area contributed by atoms with Gasteiger partial charge in [0.1, 0.15) is 12.9 Å². The number of rotatable bonds is 7. The molecule has 3 aromatic rings. The normalized spacial score (nSPS) is 16.2. The maximum Gasteiger partial charge on any atom is 0.265 e. The molecule has 0 spiro atoms. The third-order valence-corrected chi connectivity index (χ3v) is 5.53. The van der Waals surface area contributed by atoms with Crippen molar-refractivity contribution in [2.75, 3.05) is 31.6 Å². The van der Waals surface area contributed by atoms with Crippen LogP contribution in [0.5, 0.6) is 5.88 Å². The highest BCUT2D eigenvalue weighted by Gasteiger charge is 2.35. The van der Waals surface area contributed by atoms with Crippen molar-refractivity contribution < 1.29 is 13.5 Å². The van der Waals surface area contributed by atoms with E-state index in [-0.39, 0.29) is 19.6 Å². The molecule has 1 fully saturated rings. The maximum atomic E-state index is 13.9. The fraction of sp³-hybridized carbons (Fsp3) is 0.364. The quantitative estimate of drug-likeness (QED) is 0.394. The summed E-state index contributed by atoms with van der Waals surface area (Å²) in [4.78, 5) is 14.5. The fourth-order valence-corrected chi connectivity index (χ4v) is 3.81. The predicted molar refractivity (Wildman–Crippen MR) is 123 cm³/mol. The first-order valence-corrected chi connectivity index (χ1v) is 10.8. The summed E-state index contributed by atoms with van der Waals surface area (Å²) in [5, 5.41) is 5.48. The number of likely N-dealkylation sites (N-methyl/N-ethyl adjacent to an activating group) is 1. The average molecular weight is 472 g/mol. The van der Waals surface area contributed by atoms with E-state index in [4.69, 9.17) is 16.3 Å². The maximum absolute atomic E-state index is 13.9. The monoisotopic (exact) mass is 471 g/mol. The van der Waals surface area contributed by atoms with Crippen LogP contribution in [0.25, 0.3) is 11.5 Å². The highest BCUT2D eigenvalue weighted by atomic mass is 19.3. The second-order valence-corrected chi connectivity index (χ2v) is 8.11. The van der Waals surface area contributed by atoms with Crippen LogP contribution in [0.4, 0.5) is 14.5 Å². The Hall–Kier alpha value is -3.80. The van der Waals surface area contributed by atoms with E-state index in [0.717, 1.165) is 0 Å². The van der Waals surface area contributed by atoms with Crippen LogP contribution in [0.3, 0.4) is 0 Å². The van der Waals surface area contributed by atoms with Crippen molar-refractivity contribution in [3.63, 3.8) is 0 Å². The van der Waals surface area contributed by atoms with Gasteiger partial charge in [-0.2, -0.15) is 5.10 Å². The topological polar surface area (TPSA) is 124 Å². The van der Waals surface area contributed by atoms with Gasteiger partial charge in [-0.3, -0.25) is 0 Å². The van der Waals surface area contributed by atoms with Gasteiger partial charge >= 0.3 is 0 Å². The van der Waals surface area contributed by atoms with Gasteiger partial charge in [0.05, 0.1) is 35.0 Å². The molecule has 0 unspecified atom stereocenters. The van der Waals surface area contributed by atoms with Crippen molar-refractivity contribution in [2.24, 2.45) is 11.6 Å². The third kappa shape index (κ3) is 5.22. The second-order valence-electron chi connectivity index (χ2n) is 8.11. The number of piperidine rings is 1. The van der Waals surface area contributed by atoms with Gasteiger partial charge in [0.2, 0.25) is 5.88 Å². The van der Waals surface area contributed by atoms with Gasteiger partial charge < -0.3 is 20.4 Å². The molecule has 0 aromatic carbocycles.